The molecule has 4 nitrogen and oxygen atoms in total. The Morgan fingerprint density at radius 2 is 1.82 bits per heavy atom. The molecule has 0 spiro atoms. The maximum absolute atomic E-state index is 10.8. The molecule has 3 amide bonds. The molecule has 0 bridgehead atoms. The summed E-state index contributed by atoms with van der Waals surface area (Å²) in [6.45, 7) is 0. The molecule has 0 aromatic rings. The molecule has 0 aromatic carbocycles. The first kappa shape index (κ1) is 8.90. The summed E-state index contributed by atoms with van der Waals surface area (Å²) in [5.41, 5.74) is 0. The Kier molecular flexibility index (Phi) is 2.18. The largest absolute Gasteiger partial charge is 0.322 e. The second-order valence-electron chi connectivity index (χ2n) is 1.94. The fourth-order valence-electron chi connectivity index (χ4n) is 0.647. The van der Waals surface area contributed by atoms with Crippen molar-refractivity contribution in [3.63, 3.8) is 0 Å². The zero-order valence-corrected chi connectivity index (χ0v) is 7.30. The van der Waals surface area contributed by atoms with Crippen molar-refractivity contribution in [2.24, 2.45) is 0 Å². The van der Waals surface area contributed by atoms with E-state index in [-0.39, 0.29) is 0 Å². The van der Waals surface area contributed by atoms with Gasteiger partial charge in [0.2, 0.25) is 3.79 Å². The van der Waals surface area contributed by atoms with Gasteiger partial charge in [0.05, 0.1) is 0 Å². The van der Waals surface area contributed by atoms with Crippen LogP contribution in [0.25, 0.3) is 0 Å². The number of amides is 3. The van der Waals surface area contributed by atoms with Crippen molar-refractivity contribution < 1.29 is 9.59 Å². The monoisotopic (exact) mass is 216 g/mol. The average molecular weight is 217 g/mol. The lowest BCUT2D eigenvalue weighted by molar-refractivity contribution is -0.120. The molecule has 1 fully saturated rings. The van der Waals surface area contributed by atoms with Gasteiger partial charge in [-0.2, -0.15) is 0 Å². The highest BCUT2D eigenvalue weighted by Gasteiger charge is 2.44. The van der Waals surface area contributed by atoms with Gasteiger partial charge in [0, 0.05) is 0 Å². The number of rotatable bonds is 0. The molecule has 7 heteroatoms. The molecule has 1 unspecified atom stereocenters. The first-order chi connectivity index (χ1) is 4.91. The molecule has 1 rings (SSSR count). The number of hydrogen-bond acceptors (Lipinski definition) is 2. The molecule has 62 valence electrons. The van der Waals surface area contributed by atoms with Gasteiger partial charge in [-0.15, -0.1) is 0 Å². The third kappa shape index (κ3) is 1.89. The van der Waals surface area contributed by atoms with Gasteiger partial charge < -0.3 is 5.32 Å². The van der Waals surface area contributed by atoms with Crippen molar-refractivity contribution in [1.82, 2.24) is 10.6 Å². The zero-order valence-electron chi connectivity index (χ0n) is 5.03. The molecule has 1 atom stereocenters. The lowest BCUT2D eigenvalue weighted by Gasteiger charge is -2.15. The minimum Gasteiger partial charge on any atom is -0.322 e. The first-order valence-electron chi connectivity index (χ1n) is 2.59. The second kappa shape index (κ2) is 2.69. The molecule has 1 aliphatic rings. The Labute approximate surface area is 77.2 Å². The Bertz CT molecular complexity index is 212. The fraction of sp³-hybridized carbons (Fsp3) is 0.500. The number of carbonyl (C=O) groups is 2. The third-order valence-corrected chi connectivity index (χ3v) is 1.76. The number of carbonyl (C=O) groups excluding carboxylic acids is 2. The van der Waals surface area contributed by atoms with E-state index >= 15 is 0 Å². The SMILES string of the molecule is O=C1NC(=O)C(C(Cl)(Cl)Cl)N1. The molecule has 0 saturated carbocycles. The van der Waals surface area contributed by atoms with Crippen molar-refractivity contribution in [3.05, 3.63) is 0 Å². The van der Waals surface area contributed by atoms with E-state index in [0.29, 0.717) is 0 Å². The van der Waals surface area contributed by atoms with Crippen LogP contribution in [-0.4, -0.2) is 21.8 Å². The predicted octanol–water partition coefficient (Wildman–Crippen LogP) is 0.565. The molecule has 1 saturated heterocycles. The van der Waals surface area contributed by atoms with Crippen molar-refractivity contribution in [2.45, 2.75) is 9.83 Å². The van der Waals surface area contributed by atoms with Crippen LogP contribution in [-0.2, 0) is 4.79 Å². The highest BCUT2D eigenvalue weighted by molar-refractivity contribution is 6.69. The highest BCUT2D eigenvalue weighted by atomic mass is 35.6. The lowest BCUT2D eigenvalue weighted by Crippen LogP contribution is -2.40. The van der Waals surface area contributed by atoms with E-state index in [2.05, 4.69) is 5.32 Å². The van der Waals surface area contributed by atoms with Gasteiger partial charge in [-0.3, -0.25) is 10.1 Å². The Balaban J connectivity index is 2.76. The third-order valence-electron chi connectivity index (χ3n) is 1.10. The molecule has 2 N–H and O–H groups in total. The van der Waals surface area contributed by atoms with Gasteiger partial charge in [-0.05, 0) is 0 Å². The number of hydrogen-bond donors (Lipinski definition) is 2. The summed E-state index contributed by atoms with van der Waals surface area (Å²) in [7, 11) is 0. The normalized spacial score (nSPS) is 24.8. The smallest absolute Gasteiger partial charge is 0.322 e. The van der Waals surface area contributed by atoms with Crippen molar-refractivity contribution >= 4 is 46.7 Å². The van der Waals surface area contributed by atoms with Gasteiger partial charge >= 0.3 is 6.03 Å². The predicted molar refractivity (Wildman–Crippen MR) is 40.8 cm³/mol. The molecule has 0 radical (unpaired) electrons. The van der Waals surface area contributed by atoms with E-state index in [1.165, 1.54) is 0 Å². The van der Waals surface area contributed by atoms with Gasteiger partial charge in [0.15, 0.2) is 6.04 Å². The average Bonchev–Trinajstić information content (AvgIpc) is 2.08. The molecule has 1 heterocycles. The van der Waals surface area contributed by atoms with E-state index in [1.807, 2.05) is 5.32 Å². The van der Waals surface area contributed by atoms with Crippen molar-refractivity contribution in [3.8, 4) is 0 Å². The number of urea groups is 1. The van der Waals surface area contributed by atoms with Crippen LogP contribution in [0.3, 0.4) is 0 Å². The Morgan fingerprint density at radius 3 is 2.00 bits per heavy atom. The quantitative estimate of drug-likeness (QED) is 0.460. The summed E-state index contributed by atoms with van der Waals surface area (Å²) in [5, 5.41) is 4.08. The van der Waals surface area contributed by atoms with Gasteiger partial charge in [0.1, 0.15) is 0 Å². The summed E-state index contributed by atoms with van der Waals surface area (Å²) >= 11 is 16.1. The van der Waals surface area contributed by atoms with Crippen molar-refractivity contribution in [2.75, 3.05) is 0 Å². The zero-order chi connectivity index (χ0) is 8.65. The number of halogens is 3. The van der Waals surface area contributed by atoms with Crippen molar-refractivity contribution in [1.29, 1.82) is 0 Å². The summed E-state index contributed by atoms with van der Waals surface area (Å²) in [4.78, 5) is 21.3. The van der Waals surface area contributed by atoms with Crippen LogP contribution in [0.5, 0.6) is 0 Å². The van der Waals surface area contributed by atoms with Crippen LogP contribution in [0.15, 0.2) is 0 Å². The highest BCUT2D eigenvalue weighted by Crippen LogP contribution is 2.31. The molecule has 1 aliphatic heterocycles. The summed E-state index contributed by atoms with van der Waals surface area (Å²) < 4.78 is -1.80. The molecule has 0 aliphatic carbocycles. The molecular weight excluding hydrogens is 214 g/mol. The number of alkyl halides is 3. The minimum absolute atomic E-state index is 0.630. The maximum Gasteiger partial charge on any atom is 0.322 e. The van der Waals surface area contributed by atoms with Gasteiger partial charge in [-0.25, -0.2) is 4.79 Å². The van der Waals surface area contributed by atoms with Crippen LogP contribution in [0, 0.1) is 0 Å². The lowest BCUT2D eigenvalue weighted by atomic mass is 10.3. The summed E-state index contributed by atoms with van der Waals surface area (Å²) in [6.07, 6.45) is 0. The Hall–Kier alpha value is -0.190. The van der Waals surface area contributed by atoms with E-state index in [4.69, 9.17) is 34.8 Å². The Morgan fingerprint density at radius 1 is 1.27 bits per heavy atom. The second-order valence-corrected chi connectivity index (χ2v) is 4.31. The van der Waals surface area contributed by atoms with E-state index < -0.39 is 21.8 Å². The first-order valence-corrected chi connectivity index (χ1v) is 3.73. The number of nitrogens with one attached hydrogen (secondary N) is 2. The minimum atomic E-state index is -1.80. The van der Waals surface area contributed by atoms with Crippen LogP contribution in [0.2, 0.25) is 0 Å². The molecular formula is C4H3Cl3N2O2. The summed E-state index contributed by atoms with van der Waals surface area (Å²) in [5.74, 6) is -0.630. The van der Waals surface area contributed by atoms with E-state index in [1.54, 1.807) is 0 Å². The fourth-order valence-corrected chi connectivity index (χ4v) is 1.11. The topological polar surface area (TPSA) is 58.2 Å². The van der Waals surface area contributed by atoms with Crippen LogP contribution in [0.1, 0.15) is 0 Å². The number of imide groups is 1. The molecule has 11 heavy (non-hydrogen) atoms. The van der Waals surface area contributed by atoms with E-state index in [0.717, 1.165) is 0 Å². The van der Waals surface area contributed by atoms with Gasteiger partial charge in [0.25, 0.3) is 5.91 Å². The van der Waals surface area contributed by atoms with Gasteiger partial charge in [-0.1, -0.05) is 34.8 Å². The summed E-state index contributed by atoms with van der Waals surface area (Å²) in [6, 6.07) is -1.74. The van der Waals surface area contributed by atoms with Crippen LogP contribution in [0.4, 0.5) is 4.79 Å². The maximum atomic E-state index is 10.8. The van der Waals surface area contributed by atoms with Crippen LogP contribution < -0.4 is 10.6 Å². The van der Waals surface area contributed by atoms with Crippen LogP contribution >= 0.6 is 34.8 Å². The van der Waals surface area contributed by atoms with E-state index in [9.17, 15) is 9.59 Å². The molecule has 0 aromatic heterocycles. The standard InChI is InChI=1S/C4H3Cl3N2O2/c5-4(6,7)1-2(10)9-3(11)8-1/h1H,(H2,8,9,10,11).